The summed E-state index contributed by atoms with van der Waals surface area (Å²) in [5.74, 6) is 1.20. The second kappa shape index (κ2) is 5.23. The van der Waals surface area contributed by atoms with Crippen molar-refractivity contribution < 1.29 is 0 Å². The van der Waals surface area contributed by atoms with Crippen molar-refractivity contribution in [1.82, 2.24) is 9.55 Å². The van der Waals surface area contributed by atoms with E-state index in [0.717, 1.165) is 5.25 Å². The van der Waals surface area contributed by atoms with Gasteiger partial charge in [0.25, 0.3) is 0 Å². The molecule has 0 spiro atoms. The first-order valence-corrected chi connectivity index (χ1v) is 7.17. The normalized spacial score (nSPS) is 27.2. The van der Waals surface area contributed by atoms with Crippen LogP contribution in [0.4, 0.5) is 0 Å². The Balaban J connectivity index is 2.19. The lowest BCUT2D eigenvalue weighted by atomic mass is 10.2. The maximum atomic E-state index is 5.98. The van der Waals surface area contributed by atoms with Gasteiger partial charge in [0.15, 0.2) is 0 Å². The molecule has 1 aliphatic carbocycles. The fraction of sp³-hybridized carbons (Fsp3) is 0.750. The molecule has 1 aliphatic rings. The first kappa shape index (κ1) is 12.0. The molecule has 2 N–H and O–H groups in total. The van der Waals surface area contributed by atoms with Gasteiger partial charge in [-0.3, -0.25) is 0 Å². The minimum atomic E-state index is 0.0791. The van der Waals surface area contributed by atoms with E-state index in [1.54, 1.807) is 0 Å². The summed E-state index contributed by atoms with van der Waals surface area (Å²) in [5.41, 5.74) is 7.15. The van der Waals surface area contributed by atoms with Crippen LogP contribution in [0.5, 0.6) is 0 Å². The maximum Gasteiger partial charge on any atom is 0.0951 e. The van der Waals surface area contributed by atoms with Crippen molar-refractivity contribution in [1.29, 1.82) is 0 Å². The molecule has 0 saturated heterocycles. The van der Waals surface area contributed by atoms with E-state index in [1.165, 1.54) is 30.7 Å². The summed E-state index contributed by atoms with van der Waals surface area (Å²) < 4.78 is 2.31. The Hall–Kier alpha value is -0.480. The highest BCUT2D eigenvalue weighted by Gasteiger charge is 2.30. The van der Waals surface area contributed by atoms with E-state index in [-0.39, 0.29) is 6.04 Å². The van der Waals surface area contributed by atoms with Crippen LogP contribution in [0.3, 0.4) is 0 Å². The fourth-order valence-electron chi connectivity index (χ4n) is 2.58. The largest absolute Gasteiger partial charge is 0.329 e. The number of thioether (sulfide) groups is 1. The van der Waals surface area contributed by atoms with Crippen LogP contribution in [0, 0.1) is 0 Å². The molecule has 0 radical (unpaired) electrons. The van der Waals surface area contributed by atoms with Crippen LogP contribution in [0.25, 0.3) is 0 Å². The summed E-state index contributed by atoms with van der Waals surface area (Å²) >= 11 is 2.08. The molecule has 2 rings (SSSR count). The van der Waals surface area contributed by atoms with E-state index in [0.29, 0.717) is 6.04 Å². The molecule has 0 aliphatic heterocycles. The Morgan fingerprint density at radius 2 is 2.44 bits per heavy atom. The molecule has 1 fully saturated rings. The van der Waals surface area contributed by atoms with E-state index in [4.69, 9.17) is 5.73 Å². The molecule has 1 aromatic rings. The summed E-state index contributed by atoms with van der Waals surface area (Å²) in [6, 6.07) is 0.684. The van der Waals surface area contributed by atoms with Crippen molar-refractivity contribution in [2.45, 2.75) is 50.4 Å². The van der Waals surface area contributed by atoms with Crippen molar-refractivity contribution in [2.75, 3.05) is 5.75 Å². The number of nitrogens with zero attached hydrogens (tertiary/aromatic N) is 2. The second-order valence-electron chi connectivity index (χ2n) is 4.51. The molecule has 1 aromatic heterocycles. The Morgan fingerprint density at radius 1 is 1.62 bits per heavy atom. The third kappa shape index (κ3) is 2.28. The van der Waals surface area contributed by atoms with Gasteiger partial charge >= 0.3 is 0 Å². The second-order valence-corrected chi connectivity index (χ2v) is 6.02. The van der Waals surface area contributed by atoms with Gasteiger partial charge < -0.3 is 10.3 Å². The summed E-state index contributed by atoms with van der Waals surface area (Å²) in [7, 11) is 0. The van der Waals surface area contributed by atoms with Gasteiger partial charge in [0.1, 0.15) is 0 Å². The molecule has 0 bridgehead atoms. The SMILES string of the molecule is CCSC1CCCC1n1cncc1C(C)N. The number of hydrogen-bond acceptors (Lipinski definition) is 3. The predicted molar refractivity (Wildman–Crippen MR) is 69.6 cm³/mol. The van der Waals surface area contributed by atoms with E-state index in [2.05, 4.69) is 28.2 Å². The van der Waals surface area contributed by atoms with E-state index < -0.39 is 0 Å². The van der Waals surface area contributed by atoms with Crippen molar-refractivity contribution >= 4 is 11.8 Å². The van der Waals surface area contributed by atoms with Crippen molar-refractivity contribution in [3.63, 3.8) is 0 Å². The highest BCUT2D eigenvalue weighted by Crippen LogP contribution is 2.39. The zero-order chi connectivity index (χ0) is 11.5. The summed E-state index contributed by atoms with van der Waals surface area (Å²) in [6.07, 6.45) is 7.81. The van der Waals surface area contributed by atoms with Gasteiger partial charge in [-0.15, -0.1) is 0 Å². The van der Waals surface area contributed by atoms with Gasteiger partial charge in [0.2, 0.25) is 0 Å². The molecular weight excluding hydrogens is 218 g/mol. The van der Waals surface area contributed by atoms with Gasteiger partial charge in [0.05, 0.1) is 12.0 Å². The molecule has 0 aromatic carbocycles. The van der Waals surface area contributed by atoms with E-state index >= 15 is 0 Å². The Kier molecular flexibility index (Phi) is 3.92. The van der Waals surface area contributed by atoms with Gasteiger partial charge in [-0.25, -0.2) is 4.98 Å². The molecule has 1 heterocycles. The van der Waals surface area contributed by atoms with Crippen molar-refractivity contribution in [3.8, 4) is 0 Å². The quantitative estimate of drug-likeness (QED) is 0.878. The first-order valence-electron chi connectivity index (χ1n) is 6.13. The highest BCUT2D eigenvalue weighted by molar-refractivity contribution is 7.99. The molecule has 3 atom stereocenters. The zero-order valence-corrected chi connectivity index (χ0v) is 10.9. The average molecular weight is 239 g/mol. The molecule has 16 heavy (non-hydrogen) atoms. The van der Waals surface area contributed by atoms with Crippen LogP contribution >= 0.6 is 11.8 Å². The maximum absolute atomic E-state index is 5.98. The third-order valence-corrected chi connectivity index (χ3v) is 4.63. The molecule has 1 saturated carbocycles. The lowest BCUT2D eigenvalue weighted by molar-refractivity contribution is 0.497. The Labute approximate surface area is 102 Å². The molecule has 90 valence electrons. The molecule has 3 nitrogen and oxygen atoms in total. The summed E-state index contributed by atoms with van der Waals surface area (Å²) in [4.78, 5) is 4.26. The smallest absolute Gasteiger partial charge is 0.0951 e. The zero-order valence-electron chi connectivity index (χ0n) is 10.1. The van der Waals surface area contributed by atoms with Gasteiger partial charge in [-0.2, -0.15) is 11.8 Å². The number of hydrogen-bond donors (Lipinski definition) is 1. The van der Waals surface area contributed by atoms with Crippen LogP contribution in [0.2, 0.25) is 0 Å². The van der Waals surface area contributed by atoms with Gasteiger partial charge in [-0.05, 0) is 25.5 Å². The van der Waals surface area contributed by atoms with Gasteiger partial charge in [0, 0.05) is 23.5 Å². The number of imidazole rings is 1. The minimum absolute atomic E-state index is 0.0791. The Morgan fingerprint density at radius 3 is 3.12 bits per heavy atom. The third-order valence-electron chi connectivity index (χ3n) is 3.32. The highest BCUT2D eigenvalue weighted by atomic mass is 32.2. The Bertz CT molecular complexity index is 335. The average Bonchev–Trinajstić information content (AvgIpc) is 2.83. The molecule has 4 heteroatoms. The van der Waals surface area contributed by atoms with Crippen LogP contribution in [0.1, 0.15) is 50.9 Å². The number of rotatable bonds is 4. The standard InChI is InChI=1S/C12H21N3S/c1-3-16-12-6-4-5-10(12)15-8-14-7-11(15)9(2)13/h7-10,12H,3-6,13H2,1-2H3. The predicted octanol–water partition coefficient (Wildman–Crippen LogP) is 2.75. The summed E-state index contributed by atoms with van der Waals surface area (Å²) in [5, 5.41) is 0.747. The van der Waals surface area contributed by atoms with E-state index in [1.807, 2.05) is 19.4 Å². The lowest BCUT2D eigenvalue weighted by Gasteiger charge is -2.23. The number of aromatic nitrogens is 2. The van der Waals surface area contributed by atoms with Crippen LogP contribution in [-0.2, 0) is 0 Å². The first-order chi connectivity index (χ1) is 7.74. The molecule has 3 unspecified atom stereocenters. The molecule has 0 amide bonds. The van der Waals surface area contributed by atoms with Crippen LogP contribution in [-0.4, -0.2) is 20.6 Å². The van der Waals surface area contributed by atoms with Crippen LogP contribution in [0.15, 0.2) is 12.5 Å². The fourth-order valence-corrected chi connectivity index (χ4v) is 3.83. The lowest BCUT2D eigenvalue weighted by Crippen LogP contribution is -2.20. The topological polar surface area (TPSA) is 43.8 Å². The monoisotopic (exact) mass is 239 g/mol. The van der Waals surface area contributed by atoms with Crippen molar-refractivity contribution in [3.05, 3.63) is 18.2 Å². The summed E-state index contributed by atoms with van der Waals surface area (Å²) in [6.45, 7) is 4.27. The minimum Gasteiger partial charge on any atom is -0.329 e. The van der Waals surface area contributed by atoms with E-state index in [9.17, 15) is 0 Å². The van der Waals surface area contributed by atoms with Gasteiger partial charge in [-0.1, -0.05) is 13.3 Å². The number of nitrogens with two attached hydrogens (primary N) is 1. The molecular formula is C12H21N3S. The van der Waals surface area contributed by atoms with Crippen LogP contribution < -0.4 is 5.73 Å². The van der Waals surface area contributed by atoms with Crippen molar-refractivity contribution in [2.24, 2.45) is 5.73 Å².